The Kier molecular flexibility index (Phi) is 9.48. The number of rotatable bonds is 6. The van der Waals surface area contributed by atoms with E-state index in [4.69, 9.17) is 23.2 Å². The van der Waals surface area contributed by atoms with Gasteiger partial charge >= 0.3 is 0 Å². The average molecular weight is 182 g/mol. The fraction of sp³-hybridized carbons (Fsp3) is 0.857. The lowest BCUT2D eigenvalue weighted by molar-refractivity contribution is 0.732. The number of nitrogens with zero attached hydrogens (tertiary/aromatic N) is 1. The molecule has 0 aliphatic rings. The average Bonchev–Trinajstić information content (AvgIpc) is 1.97. The van der Waals surface area contributed by atoms with Crippen molar-refractivity contribution in [3.8, 4) is 0 Å². The summed E-state index contributed by atoms with van der Waals surface area (Å²) < 4.78 is 0. The van der Waals surface area contributed by atoms with Crippen molar-refractivity contribution >= 4 is 29.4 Å². The van der Waals surface area contributed by atoms with Crippen molar-refractivity contribution in [2.24, 2.45) is 4.99 Å². The minimum absolute atomic E-state index is 0.523. The number of unbranched alkanes of at least 4 members (excludes halogenated alkanes) is 2. The second-order valence-corrected chi connectivity index (χ2v) is 2.68. The number of alkyl halides is 2. The van der Waals surface area contributed by atoms with Crippen LogP contribution in [-0.4, -0.2) is 24.5 Å². The molecule has 3 heteroatoms. The minimum Gasteiger partial charge on any atom is -0.296 e. The van der Waals surface area contributed by atoms with Gasteiger partial charge in [0.05, 0.1) is 5.88 Å². The summed E-state index contributed by atoms with van der Waals surface area (Å²) in [5, 5.41) is 0. The summed E-state index contributed by atoms with van der Waals surface area (Å²) in [5.74, 6) is 1.29. The SMILES string of the molecule is ClCC=NCCCCCCl. The molecule has 0 radical (unpaired) electrons. The Bertz CT molecular complexity index is 83.7. The smallest absolute Gasteiger partial charge is 0.0573 e. The standard InChI is InChI=1S/C7H13Cl2N/c8-4-2-1-3-6-10-7-5-9/h7H,1-6H2. The molecule has 1 nitrogen and oxygen atoms in total. The zero-order valence-electron chi connectivity index (χ0n) is 6.02. The molecule has 0 bridgehead atoms. The van der Waals surface area contributed by atoms with E-state index >= 15 is 0 Å². The highest BCUT2D eigenvalue weighted by molar-refractivity contribution is 6.24. The first-order valence-corrected chi connectivity index (χ1v) is 4.59. The molecule has 0 atom stereocenters. The normalized spacial score (nSPS) is 11.0. The number of halogens is 2. The van der Waals surface area contributed by atoms with E-state index in [9.17, 15) is 0 Å². The Morgan fingerprint density at radius 3 is 2.50 bits per heavy atom. The van der Waals surface area contributed by atoms with Gasteiger partial charge in [0.1, 0.15) is 0 Å². The third-order valence-corrected chi connectivity index (χ3v) is 1.52. The maximum absolute atomic E-state index is 5.48. The molecular formula is C7H13Cl2N. The van der Waals surface area contributed by atoms with Crippen molar-refractivity contribution in [3.63, 3.8) is 0 Å². The Labute approximate surface area is 72.4 Å². The predicted molar refractivity (Wildman–Crippen MR) is 48.7 cm³/mol. The molecule has 60 valence electrons. The molecule has 0 N–H and O–H groups in total. The van der Waals surface area contributed by atoms with Gasteiger partial charge < -0.3 is 0 Å². The summed E-state index contributed by atoms with van der Waals surface area (Å²) in [4.78, 5) is 4.06. The number of hydrogen-bond acceptors (Lipinski definition) is 1. The highest BCUT2D eigenvalue weighted by Gasteiger charge is 1.84. The first kappa shape index (κ1) is 10.2. The minimum atomic E-state index is 0.523. The van der Waals surface area contributed by atoms with Gasteiger partial charge in [-0.2, -0.15) is 0 Å². The largest absolute Gasteiger partial charge is 0.296 e. The predicted octanol–water partition coefficient (Wildman–Crippen LogP) is 2.71. The zero-order valence-corrected chi connectivity index (χ0v) is 7.53. The molecule has 0 aromatic heterocycles. The number of hydrogen-bond donors (Lipinski definition) is 0. The van der Waals surface area contributed by atoms with Gasteiger partial charge in [-0.3, -0.25) is 4.99 Å². The van der Waals surface area contributed by atoms with E-state index in [1.165, 1.54) is 6.42 Å². The van der Waals surface area contributed by atoms with Crippen molar-refractivity contribution in [1.82, 2.24) is 0 Å². The van der Waals surface area contributed by atoms with E-state index < -0.39 is 0 Å². The third-order valence-electron chi connectivity index (χ3n) is 1.12. The summed E-state index contributed by atoms with van der Waals surface area (Å²) in [5.41, 5.74) is 0. The highest BCUT2D eigenvalue weighted by atomic mass is 35.5. The fourth-order valence-corrected chi connectivity index (χ4v) is 0.901. The molecule has 0 aromatic carbocycles. The van der Waals surface area contributed by atoms with Gasteiger partial charge in [-0.15, -0.1) is 23.2 Å². The summed E-state index contributed by atoms with van der Waals surface area (Å²) in [6.45, 7) is 0.892. The van der Waals surface area contributed by atoms with Gasteiger partial charge in [0, 0.05) is 18.6 Å². The monoisotopic (exact) mass is 181 g/mol. The van der Waals surface area contributed by atoms with Crippen molar-refractivity contribution in [1.29, 1.82) is 0 Å². The van der Waals surface area contributed by atoms with E-state index in [0.29, 0.717) is 5.88 Å². The highest BCUT2D eigenvalue weighted by Crippen LogP contribution is 1.96. The molecule has 0 aliphatic carbocycles. The quantitative estimate of drug-likeness (QED) is 0.340. The summed E-state index contributed by atoms with van der Waals surface area (Å²) >= 11 is 10.9. The van der Waals surface area contributed by atoms with Gasteiger partial charge in [-0.05, 0) is 12.8 Å². The summed E-state index contributed by atoms with van der Waals surface area (Å²) in [6, 6.07) is 0. The van der Waals surface area contributed by atoms with Crippen LogP contribution in [0.25, 0.3) is 0 Å². The Hall–Kier alpha value is 0.250. The van der Waals surface area contributed by atoms with Gasteiger partial charge in [0.15, 0.2) is 0 Å². The molecule has 10 heavy (non-hydrogen) atoms. The van der Waals surface area contributed by atoms with Crippen LogP contribution in [0.15, 0.2) is 4.99 Å². The zero-order chi connectivity index (χ0) is 7.66. The second kappa shape index (κ2) is 9.25. The molecule has 0 spiro atoms. The maximum atomic E-state index is 5.48. The maximum Gasteiger partial charge on any atom is 0.0573 e. The molecule has 0 saturated carbocycles. The molecule has 0 unspecified atom stereocenters. The van der Waals surface area contributed by atoms with Crippen molar-refractivity contribution in [2.75, 3.05) is 18.3 Å². The van der Waals surface area contributed by atoms with Gasteiger partial charge in [0.2, 0.25) is 0 Å². The van der Waals surface area contributed by atoms with Crippen LogP contribution in [0.4, 0.5) is 0 Å². The molecule has 0 aliphatic heterocycles. The van der Waals surface area contributed by atoms with Crippen LogP contribution in [-0.2, 0) is 0 Å². The van der Waals surface area contributed by atoms with Gasteiger partial charge in [-0.25, -0.2) is 0 Å². The lowest BCUT2D eigenvalue weighted by Crippen LogP contribution is -1.84. The Morgan fingerprint density at radius 1 is 1.10 bits per heavy atom. The van der Waals surface area contributed by atoms with E-state index in [0.717, 1.165) is 25.3 Å². The lowest BCUT2D eigenvalue weighted by atomic mass is 10.2. The molecule has 0 aromatic rings. The Balaban J connectivity index is 2.83. The van der Waals surface area contributed by atoms with Crippen LogP contribution in [0.3, 0.4) is 0 Å². The van der Waals surface area contributed by atoms with Crippen LogP contribution in [0, 0.1) is 0 Å². The second-order valence-electron chi connectivity index (χ2n) is 1.99. The van der Waals surface area contributed by atoms with Crippen LogP contribution in [0.1, 0.15) is 19.3 Å². The number of aliphatic imine (C=N–C) groups is 1. The Morgan fingerprint density at radius 2 is 1.90 bits per heavy atom. The lowest BCUT2D eigenvalue weighted by Gasteiger charge is -1.92. The van der Waals surface area contributed by atoms with Gasteiger partial charge in [-0.1, -0.05) is 6.42 Å². The van der Waals surface area contributed by atoms with Crippen LogP contribution >= 0.6 is 23.2 Å². The topological polar surface area (TPSA) is 12.4 Å². The van der Waals surface area contributed by atoms with Crippen molar-refractivity contribution in [2.45, 2.75) is 19.3 Å². The van der Waals surface area contributed by atoms with Crippen LogP contribution in [0.2, 0.25) is 0 Å². The first-order chi connectivity index (χ1) is 4.91. The van der Waals surface area contributed by atoms with Gasteiger partial charge in [0.25, 0.3) is 0 Å². The van der Waals surface area contributed by atoms with Crippen LogP contribution in [0.5, 0.6) is 0 Å². The summed E-state index contributed by atoms with van der Waals surface area (Å²) in [7, 11) is 0. The molecule has 0 amide bonds. The molecule has 0 heterocycles. The first-order valence-electron chi connectivity index (χ1n) is 3.52. The van der Waals surface area contributed by atoms with Crippen molar-refractivity contribution < 1.29 is 0 Å². The molecule has 0 rings (SSSR count). The molecular weight excluding hydrogens is 169 g/mol. The van der Waals surface area contributed by atoms with Crippen molar-refractivity contribution in [3.05, 3.63) is 0 Å². The van der Waals surface area contributed by atoms with E-state index in [1.807, 2.05) is 0 Å². The van der Waals surface area contributed by atoms with E-state index in [1.54, 1.807) is 6.21 Å². The van der Waals surface area contributed by atoms with E-state index in [2.05, 4.69) is 4.99 Å². The molecule has 0 fully saturated rings. The summed E-state index contributed by atoms with van der Waals surface area (Å²) in [6.07, 6.45) is 5.13. The van der Waals surface area contributed by atoms with Crippen LogP contribution < -0.4 is 0 Å². The molecule has 0 saturated heterocycles. The van der Waals surface area contributed by atoms with E-state index in [-0.39, 0.29) is 0 Å². The third kappa shape index (κ3) is 8.25. The fourth-order valence-electron chi connectivity index (χ4n) is 0.614.